The van der Waals surface area contributed by atoms with E-state index in [-0.39, 0.29) is 13.2 Å². The van der Waals surface area contributed by atoms with E-state index in [9.17, 15) is 4.57 Å². The predicted octanol–water partition coefficient (Wildman–Crippen LogP) is 6.89. The molecule has 226 valence electrons. The van der Waals surface area contributed by atoms with Crippen molar-refractivity contribution in [1.82, 2.24) is 0 Å². The van der Waals surface area contributed by atoms with E-state index < -0.39 is 38.3 Å². The van der Waals surface area contributed by atoms with Gasteiger partial charge in [-0.3, -0.25) is 4.57 Å². The number of hydrogen-bond donors (Lipinski definition) is 0. The molecule has 0 aliphatic carbocycles. The second-order valence-corrected chi connectivity index (χ2v) is 11.6. The summed E-state index contributed by atoms with van der Waals surface area (Å²) in [7, 11) is -1.93. The fraction of sp³-hybridized carbons (Fsp3) is 0.394. The number of methoxy groups -OCH3 is 1. The largest absolute Gasteiger partial charge is 0.368 e. The summed E-state index contributed by atoms with van der Waals surface area (Å²) < 4.78 is 56.0. The average Bonchev–Trinajstić information content (AvgIpc) is 3.02. The van der Waals surface area contributed by atoms with Gasteiger partial charge in [0.1, 0.15) is 24.4 Å². The van der Waals surface area contributed by atoms with Crippen molar-refractivity contribution in [2.45, 2.75) is 64.4 Å². The first-order valence-electron chi connectivity index (χ1n) is 14.3. The summed E-state index contributed by atoms with van der Waals surface area (Å²) in [4.78, 5) is 0. The first-order valence-corrected chi connectivity index (χ1v) is 15.9. The second kappa shape index (κ2) is 16.8. The molecule has 1 aliphatic rings. The molecule has 4 rings (SSSR count). The number of benzene rings is 3. The standard InChI is InChI=1S/C33H41O8P/c1-4-39-42(34,40-5-2)22-21-29-30(36-23-26-15-9-6-10-16-26)31(37-24-27-17-11-7-12-18-27)32(33(35-3)41-29)38-25-28-19-13-8-14-20-28/h6-22,29-33H,4-5,23-25H2,1-3H3/t29-,30-,31+,32+,33+/m1/s1. The predicted molar refractivity (Wildman–Crippen MR) is 161 cm³/mol. The molecule has 8 nitrogen and oxygen atoms in total. The monoisotopic (exact) mass is 596 g/mol. The molecule has 0 unspecified atom stereocenters. The van der Waals surface area contributed by atoms with E-state index in [2.05, 4.69) is 0 Å². The lowest BCUT2D eigenvalue weighted by Crippen LogP contribution is -2.60. The molecule has 0 N–H and O–H groups in total. The topological polar surface area (TPSA) is 81.7 Å². The van der Waals surface area contributed by atoms with Crippen LogP contribution in [-0.2, 0) is 57.1 Å². The lowest BCUT2D eigenvalue weighted by molar-refractivity contribution is -0.309. The summed E-state index contributed by atoms with van der Waals surface area (Å²) in [6, 6.07) is 29.7. The highest BCUT2D eigenvalue weighted by Gasteiger charge is 2.48. The minimum absolute atomic E-state index is 0.236. The number of hydrogen-bond acceptors (Lipinski definition) is 8. The van der Waals surface area contributed by atoms with Crippen molar-refractivity contribution in [2.24, 2.45) is 0 Å². The Labute approximate surface area is 249 Å². The van der Waals surface area contributed by atoms with Gasteiger partial charge in [-0.15, -0.1) is 0 Å². The van der Waals surface area contributed by atoms with Gasteiger partial charge in [-0.2, -0.15) is 0 Å². The SMILES string of the molecule is CCOP(=O)(C=C[C@H]1O[C@H](OC)[C@@H](OCc2ccccc2)[C@@H](OCc2ccccc2)[C@@H]1OCc1ccccc1)OCC. The van der Waals surface area contributed by atoms with E-state index in [1.54, 1.807) is 27.0 Å². The summed E-state index contributed by atoms with van der Waals surface area (Å²) >= 11 is 0. The van der Waals surface area contributed by atoms with E-state index >= 15 is 0 Å². The van der Waals surface area contributed by atoms with Gasteiger partial charge in [-0.05, 0) is 36.6 Å². The molecule has 0 radical (unpaired) electrons. The molecule has 0 amide bonds. The molecule has 0 bridgehead atoms. The van der Waals surface area contributed by atoms with Crippen LogP contribution in [0.1, 0.15) is 30.5 Å². The molecule has 1 fully saturated rings. The Balaban J connectivity index is 1.67. The fourth-order valence-electron chi connectivity index (χ4n) is 4.71. The Morgan fingerprint density at radius 2 is 1.10 bits per heavy atom. The van der Waals surface area contributed by atoms with Crippen molar-refractivity contribution in [3.05, 3.63) is 120 Å². The fourth-order valence-corrected chi connectivity index (χ4v) is 6.06. The smallest absolute Gasteiger partial charge is 0.353 e. The molecule has 5 atom stereocenters. The maximum absolute atomic E-state index is 13.3. The van der Waals surface area contributed by atoms with Crippen molar-refractivity contribution >= 4 is 7.60 Å². The summed E-state index contributed by atoms with van der Waals surface area (Å²) in [6.07, 6.45) is -1.71. The highest BCUT2D eigenvalue weighted by Crippen LogP contribution is 2.50. The lowest BCUT2D eigenvalue weighted by atomic mass is 9.97. The Kier molecular flexibility index (Phi) is 12.9. The molecule has 3 aromatic rings. The van der Waals surface area contributed by atoms with Gasteiger partial charge in [0.15, 0.2) is 6.29 Å². The molecule has 0 aromatic heterocycles. The van der Waals surface area contributed by atoms with E-state index in [4.69, 9.17) is 32.7 Å². The Hall–Kier alpha value is -2.65. The molecular formula is C33H41O8P. The van der Waals surface area contributed by atoms with Crippen molar-refractivity contribution in [3.8, 4) is 0 Å². The van der Waals surface area contributed by atoms with E-state index in [1.807, 2.05) is 91.0 Å². The van der Waals surface area contributed by atoms with Crippen LogP contribution < -0.4 is 0 Å². The minimum Gasteiger partial charge on any atom is -0.368 e. The van der Waals surface area contributed by atoms with Gasteiger partial charge < -0.3 is 32.7 Å². The summed E-state index contributed by atoms with van der Waals surface area (Å²) in [5.74, 6) is 1.44. The Bertz CT molecular complexity index is 1230. The van der Waals surface area contributed by atoms with Crippen LogP contribution in [0.4, 0.5) is 0 Å². The molecule has 3 aromatic carbocycles. The third kappa shape index (κ3) is 9.43. The van der Waals surface area contributed by atoms with Crippen molar-refractivity contribution in [1.29, 1.82) is 0 Å². The first kappa shape index (κ1) is 32.3. The van der Waals surface area contributed by atoms with Crippen LogP contribution in [0, 0.1) is 0 Å². The summed E-state index contributed by atoms with van der Waals surface area (Å²) in [5, 5.41) is 0. The number of rotatable bonds is 16. The van der Waals surface area contributed by atoms with Gasteiger partial charge in [0, 0.05) is 12.9 Å². The average molecular weight is 597 g/mol. The summed E-state index contributed by atoms with van der Waals surface area (Å²) in [5.41, 5.74) is 3.00. The normalized spacial score (nSPS) is 22.9. The zero-order valence-corrected chi connectivity index (χ0v) is 25.3. The quantitative estimate of drug-likeness (QED) is 0.165. The molecule has 0 spiro atoms. The van der Waals surface area contributed by atoms with Gasteiger partial charge in [-0.1, -0.05) is 91.0 Å². The molecule has 9 heteroatoms. The Morgan fingerprint density at radius 3 is 1.52 bits per heavy atom. The zero-order chi connectivity index (χ0) is 29.6. The molecule has 0 saturated carbocycles. The lowest BCUT2D eigenvalue weighted by Gasteiger charge is -2.45. The van der Waals surface area contributed by atoms with Crippen molar-refractivity contribution < 1.29 is 37.3 Å². The van der Waals surface area contributed by atoms with Crippen LogP contribution in [0.25, 0.3) is 0 Å². The second-order valence-electron chi connectivity index (χ2n) is 9.71. The van der Waals surface area contributed by atoms with Crippen LogP contribution in [0.5, 0.6) is 0 Å². The van der Waals surface area contributed by atoms with Gasteiger partial charge in [0.25, 0.3) is 0 Å². The minimum atomic E-state index is -3.50. The van der Waals surface area contributed by atoms with Gasteiger partial charge in [0.2, 0.25) is 0 Å². The number of ether oxygens (including phenoxy) is 5. The first-order chi connectivity index (χ1) is 20.5. The molecule has 1 saturated heterocycles. The molecule has 1 heterocycles. The van der Waals surface area contributed by atoms with E-state index in [0.29, 0.717) is 19.8 Å². The van der Waals surface area contributed by atoms with Gasteiger partial charge in [0.05, 0.1) is 33.0 Å². The zero-order valence-electron chi connectivity index (χ0n) is 24.5. The highest BCUT2D eigenvalue weighted by atomic mass is 31.2. The Morgan fingerprint density at radius 1 is 0.667 bits per heavy atom. The maximum Gasteiger partial charge on any atom is 0.353 e. The molecule has 1 aliphatic heterocycles. The van der Waals surface area contributed by atoms with Crippen molar-refractivity contribution in [3.63, 3.8) is 0 Å². The molecule has 42 heavy (non-hydrogen) atoms. The highest BCUT2D eigenvalue weighted by molar-refractivity contribution is 7.57. The van der Waals surface area contributed by atoms with Crippen LogP contribution in [-0.4, -0.2) is 51.0 Å². The summed E-state index contributed by atoms with van der Waals surface area (Å²) in [6.45, 7) is 4.97. The van der Waals surface area contributed by atoms with E-state index in [1.165, 1.54) is 5.82 Å². The van der Waals surface area contributed by atoms with Crippen LogP contribution in [0.3, 0.4) is 0 Å². The molecular weight excluding hydrogens is 555 g/mol. The third-order valence-electron chi connectivity index (χ3n) is 6.70. The van der Waals surface area contributed by atoms with E-state index in [0.717, 1.165) is 16.7 Å². The van der Waals surface area contributed by atoms with Crippen LogP contribution in [0.2, 0.25) is 0 Å². The maximum atomic E-state index is 13.3. The van der Waals surface area contributed by atoms with Crippen LogP contribution >= 0.6 is 7.60 Å². The third-order valence-corrected chi connectivity index (χ3v) is 8.47. The van der Waals surface area contributed by atoms with Crippen molar-refractivity contribution in [2.75, 3.05) is 20.3 Å². The van der Waals surface area contributed by atoms with Gasteiger partial charge in [-0.25, -0.2) is 0 Å². The van der Waals surface area contributed by atoms with Gasteiger partial charge >= 0.3 is 7.60 Å². The van der Waals surface area contributed by atoms with Crippen LogP contribution in [0.15, 0.2) is 103 Å².